The Balaban J connectivity index is 1.53. The molecule has 0 fully saturated rings. The second-order valence-electron chi connectivity index (χ2n) is 5.98. The maximum atomic E-state index is 13.0. The zero-order valence-electron chi connectivity index (χ0n) is 15.3. The average molecular weight is 425 g/mol. The van der Waals surface area contributed by atoms with Gasteiger partial charge in [0.1, 0.15) is 5.25 Å². The molecule has 29 heavy (non-hydrogen) atoms. The van der Waals surface area contributed by atoms with Crippen molar-refractivity contribution in [3.05, 3.63) is 66.0 Å². The van der Waals surface area contributed by atoms with E-state index in [1.165, 1.54) is 27.9 Å². The van der Waals surface area contributed by atoms with Gasteiger partial charge >= 0.3 is 0 Å². The summed E-state index contributed by atoms with van der Waals surface area (Å²) in [5.41, 5.74) is 7.95. The Morgan fingerprint density at radius 1 is 1.10 bits per heavy atom. The van der Waals surface area contributed by atoms with Gasteiger partial charge in [0, 0.05) is 5.69 Å². The van der Waals surface area contributed by atoms with Crippen molar-refractivity contribution in [1.29, 1.82) is 0 Å². The van der Waals surface area contributed by atoms with Crippen molar-refractivity contribution in [3.8, 4) is 5.69 Å². The fraction of sp³-hybridized carbons (Fsp3) is 0.111. The summed E-state index contributed by atoms with van der Waals surface area (Å²) in [5, 5.41) is 22.6. The molecular weight excluding hydrogens is 408 g/mol. The van der Waals surface area contributed by atoms with Gasteiger partial charge in [-0.1, -0.05) is 53.4 Å². The Kier molecular flexibility index (Phi) is 5.49. The topological polar surface area (TPSA) is 124 Å². The number of benzene rings is 2. The molecule has 3 N–H and O–H groups in total. The summed E-state index contributed by atoms with van der Waals surface area (Å²) in [5.74, 6) is 0.417. The summed E-state index contributed by atoms with van der Waals surface area (Å²) in [7, 11) is 0. The van der Waals surface area contributed by atoms with E-state index in [9.17, 15) is 4.79 Å². The summed E-state index contributed by atoms with van der Waals surface area (Å²) < 4.78 is 0.634. The van der Waals surface area contributed by atoms with E-state index in [4.69, 9.17) is 5.73 Å². The highest BCUT2D eigenvalue weighted by Crippen LogP contribution is 2.38. The monoisotopic (exact) mass is 424 g/mol. The van der Waals surface area contributed by atoms with Crippen molar-refractivity contribution in [3.63, 3.8) is 0 Å². The molecule has 1 atom stereocenters. The van der Waals surface area contributed by atoms with Crippen LogP contribution in [0.1, 0.15) is 16.6 Å². The molecule has 4 rings (SSSR count). The van der Waals surface area contributed by atoms with Crippen LogP contribution in [0.5, 0.6) is 0 Å². The molecule has 0 unspecified atom stereocenters. The Bertz CT molecular complexity index is 1110. The van der Waals surface area contributed by atoms with E-state index in [2.05, 4.69) is 30.9 Å². The third-order valence-corrected chi connectivity index (χ3v) is 5.95. The number of anilines is 2. The lowest BCUT2D eigenvalue weighted by molar-refractivity contribution is -0.115. The van der Waals surface area contributed by atoms with Crippen LogP contribution in [-0.2, 0) is 4.79 Å². The normalized spacial score (nSPS) is 11.9. The molecule has 146 valence electrons. The molecular formula is C18H16N8OS2. The predicted molar refractivity (Wildman–Crippen MR) is 112 cm³/mol. The molecule has 0 aliphatic heterocycles. The van der Waals surface area contributed by atoms with Gasteiger partial charge in [-0.05, 0) is 42.0 Å². The van der Waals surface area contributed by atoms with E-state index in [0.29, 0.717) is 21.0 Å². The summed E-state index contributed by atoms with van der Waals surface area (Å²) in [6.07, 6.45) is 0. The number of amides is 1. The van der Waals surface area contributed by atoms with Crippen LogP contribution in [0.25, 0.3) is 5.69 Å². The van der Waals surface area contributed by atoms with E-state index in [1.54, 1.807) is 19.1 Å². The first-order chi connectivity index (χ1) is 14.1. The van der Waals surface area contributed by atoms with Crippen LogP contribution >= 0.6 is 23.1 Å². The molecule has 0 aliphatic rings. The van der Waals surface area contributed by atoms with Crippen LogP contribution in [0, 0.1) is 6.92 Å². The molecule has 9 nitrogen and oxygen atoms in total. The van der Waals surface area contributed by atoms with E-state index >= 15 is 0 Å². The van der Waals surface area contributed by atoms with Crippen molar-refractivity contribution in [2.45, 2.75) is 16.5 Å². The maximum absolute atomic E-state index is 13.0. The van der Waals surface area contributed by atoms with Gasteiger partial charge in [0.05, 0.1) is 5.69 Å². The first kappa shape index (κ1) is 19.0. The number of tetrazole rings is 1. The molecule has 0 saturated heterocycles. The van der Waals surface area contributed by atoms with Gasteiger partial charge < -0.3 is 11.1 Å². The zero-order chi connectivity index (χ0) is 20.2. The number of thioether (sulfide) groups is 1. The molecule has 0 aliphatic carbocycles. The molecule has 0 saturated carbocycles. The van der Waals surface area contributed by atoms with E-state index in [1.807, 2.05) is 42.5 Å². The third kappa shape index (κ3) is 4.58. The standard InChI is InChI=1S/C18H16N8OS2/c1-11-21-25-26(24-11)14-9-7-13(8-10-14)20-16(27)15(12-5-3-2-4-6-12)28-18-23-22-17(19)29-18/h2-10,15H,1H3,(H2,19,22)(H,20,27)/t15-/m1/s1. The van der Waals surface area contributed by atoms with Gasteiger partial charge in [0.25, 0.3) is 0 Å². The third-order valence-electron chi connectivity index (χ3n) is 3.86. The van der Waals surface area contributed by atoms with Gasteiger partial charge in [-0.3, -0.25) is 4.79 Å². The molecule has 4 aromatic rings. The summed E-state index contributed by atoms with van der Waals surface area (Å²) in [6.45, 7) is 1.77. The average Bonchev–Trinajstić information content (AvgIpc) is 3.35. The van der Waals surface area contributed by atoms with Crippen LogP contribution < -0.4 is 11.1 Å². The Morgan fingerprint density at radius 2 is 1.86 bits per heavy atom. The van der Waals surface area contributed by atoms with Crippen molar-refractivity contribution in [1.82, 2.24) is 30.4 Å². The second kappa shape index (κ2) is 8.37. The van der Waals surface area contributed by atoms with Gasteiger partial charge in [-0.2, -0.15) is 0 Å². The van der Waals surface area contributed by atoms with Crippen LogP contribution in [0.4, 0.5) is 10.8 Å². The maximum Gasteiger partial charge on any atom is 0.242 e. The van der Waals surface area contributed by atoms with Gasteiger partial charge in [0.15, 0.2) is 10.2 Å². The smallest absolute Gasteiger partial charge is 0.242 e. The minimum atomic E-state index is -0.497. The molecule has 0 spiro atoms. The van der Waals surface area contributed by atoms with Crippen molar-refractivity contribution < 1.29 is 4.79 Å². The Morgan fingerprint density at radius 3 is 2.48 bits per heavy atom. The van der Waals surface area contributed by atoms with Crippen molar-refractivity contribution in [2.75, 3.05) is 11.1 Å². The van der Waals surface area contributed by atoms with Crippen LogP contribution in [0.15, 0.2) is 58.9 Å². The summed E-state index contributed by atoms with van der Waals surface area (Å²) >= 11 is 2.57. The summed E-state index contributed by atoms with van der Waals surface area (Å²) in [4.78, 5) is 14.5. The van der Waals surface area contributed by atoms with Crippen LogP contribution in [0.3, 0.4) is 0 Å². The largest absolute Gasteiger partial charge is 0.374 e. The fourth-order valence-corrected chi connectivity index (χ4v) is 4.38. The van der Waals surface area contributed by atoms with E-state index < -0.39 is 5.25 Å². The first-order valence-corrected chi connectivity index (χ1v) is 10.3. The highest BCUT2D eigenvalue weighted by atomic mass is 32.2. The fourth-order valence-electron chi connectivity index (χ4n) is 2.55. The molecule has 0 radical (unpaired) electrons. The highest BCUT2D eigenvalue weighted by Gasteiger charge is 2.24. The Labute approximate surface area is 174 Å². The molecule has 2 aromatic heterocycles. The lowest BCUT2D eigenvalue weighted by Gasteiger charge is -2.15. The van der Waals surface area contributed by atoms with Gasteiger partial charge in [-0.25, -0.2) is 0 Å². The number of carbonyl (C=O) groups excluding carboxylic acids is 1. The lowest BCUT2D eigenvalue weighted by atomic mass is 10.1. The van der Waals surface area contributed by atoms with E-state index in [-0.39, 0.29) is 5.91 Å². The molecule has 2 heterocycles. The van der Waals surface area contributed by atoms with E-state index in [0.717, 1.165) is 11.3 Å². The zero-order valence-corrected chi connectivity index (χ0v) is 16.9. The number of aromatic nitrogens is 6. The number of hydrogen-bond donors (Lipinski definition) is 2. The van der Waals surface area contributed by atoms with Gasteiger partial charge in [0.2, 0.25) is 11.0 Å². The first-order valence-electron chi connectivity index (χ1n) is 8.57. The minimum Gasteiger partial charge on any atom is -0.374 e. The van der Waals surface area contributed by atoms with Crippen molar-refractivity contribution in [2.24, 2.45) is 0 Å². The number of rotatable bonds is 6. The molecule has 1 amide bonds. The number of carbonyl (C=O) groups is 1. The summed E-state index contributed by atoms with van der Waals surface area (Å²) in [6, 6.07) is 16.7. The lowest BCUT2D eigenvalue weighted by Crippen LogP contribution is -2.19. The Hall–Kier alpha value is -3.31. The number of hydrogen-bond acceptors (Lipinski definition) is 9. The molecule has 0 bridgehead atoms. The van der Waals surface area contributed by atoms with Crippen LogP contribution in [0.2, 0.25) is 0 Å². The molecule has 11 heteroatoms. The van der Waals surface area contributed by atoms with Crippen molar-refractivity contribution >= 4 is 39.8 Å². The quantitative estimate of drug-likeness (QED) is 0.453. The van der Waals surface area contributed by atoms with Crippen LogP contribution in [-0.4, -0.2) is 36.3 Å². The molecule has 2 aromatic carbocycles. The highest BCUT2D eigenvalue weighted by molar-refractivity contribution is 8.02. The number of nitrogen functional groups attached to an aromatic ring is 1. The number of nitrogens with one attached hydrogen (secondary N) is 1. The predicted octanol–water partition coefficient (Wildman–Crippen LogP) is 2.88. The number of nitrogens with zero attached hydrogens (tertiary/aromatic N) is 6. The SMILES string of the molecule is Cc1nnn(-c2ccc(NC(=O)[C@H](Sc3nnc(N)s3)c3ccccc3)cc2)n1. The number of nitrogens with two attached hydrogens (primary N) is 1. The number of aryl methyl sites for hydroxylation is 1. The second-order valence-corrected chi connectivity index (χ2v) is 8.34. The van der Waals surface area contributed by atoms with Gasteiger partial charge in [-0.15, -0.1) is 25.2 Å². The minimum absolute atomic E-state index is 0.169.